The summed E-state index contributed by atoms with van der Waals surface area (Å²) in [7, 11) is 0. The largest absolute Gasteiger partial charge is 0.376 e. The molecule has 0 unspecified atom stereocenters. The van der Waals surface area contributed by atoms with E-state index in [0.717, 1.165) is 18.7 Å². The smallest absolute Gasteiger partial charge is 0.241 e. The van der Waals surface area contributed by atoms with E-state index in [1.54, 1.807) is 11.3 Å². The first-order valence-electron chi connectivity index (χ1n) is 6.43. The fourth-order valence-electron chi connectivity index (χ4n) is 2.19. The summed E-state index contributed by atoms with van der Waals surface area (Å²) >= 11 is 1.63. The molecule has 0 aliphatic carbocycles. The summed E-state index contributed by atoms with van der Waals surface area (Å²) in [4.78, 5) is 6.77. The number of ether oxygens (including phenoxy) is 1. The van der Waals surface area contributed by atoms with Gasteiger partial charge < -0.3 is 9.26 Å². The Morgan fingerprint density at radius 2 is 2.37 bits per heavy atom. The van der Waals surface area contributed by atoms with Crippen LogP contribution in [0.25, 0.3) is 11.4 Å². The molecule has 0 bridgehead atoms. The van der Waals surface area contributed by atoms with Gasteiger partial charge in [-0.05, 0) is 25.3 Å². The van der Waals surface area contributed by atoms with Crippen molar-refractivity contribution in [1.29, 1.82) is 0 Å². The van der Waals surface area contributed by atoms with Gasteiger partial charge in [0.15, 0.2) is 0 Å². The fraction of sp³-hybridized carbons (Fsp3) is 0.538. The number of rotatable bonds is 3. The van der Waals surface area contributed by atoms with Crippen LogP contribution in [0.1, 0.15) is 19.7 Å². The molecule has 1 aliphatic heterocycles. The minimum absolute atomic E-state index is 0.260. The average Bonchev–Trinajstić information content (AvgIpc) is 3.04. The molecular formula is C13H17N3O2S. The van der Waals surface area contributed by atoms with Crippen molar-refractivity contribution in [3.63, 3.8) is 0 Å². The maximum absolute atomic E-state index is 5.62. The van der Waals surface area contributed by atoms with Crippen LogP contribution in [0.2, 0.25) is 0 Å². The summed E-state index contributed by atoms with van der Waals surface area (Å²) < 4.78 is 11.0. The van der Waals surface area contributed by atoms with Gasteiger partial charge >= 0.3 is 0 Å². The Morgan fingerprint density at radius 1 is 1.47 bits per heavy atom. The second kappa shape index (κ2) is 5.40. The predicted octanol–water partition coefficient (Wildman–Crippen LogP) is 2.41. The van der Waals surface area contributed by atoms with Gasteiger partial charge in [0.1, 0.15) is 0 Å². The van der Waals surface area contributed by atoms with E-state index < -0.39 is 0 Å². The molecule has 5 nitrogen and oxygen atoms in total. The van der Waals surface area contributed by atoms with Crippen LogP contribution in [0.5, 0.6) is 0 Å². The highest BCUT2D eigenvalue weighted by molar-refractivity contribution is 7.08. The molecule has 0 amide bonds. The molecule has 1 aliphatic rings. The quantitative estimate of drug-likeness (QED) is 0.863. The third kappa shape index (κ3) is 2.86. The summed E-state index contributed by atoms with van der Waals surface area (Å²) in [6.45, 7) is 6.58. The lowest BCUT2D eigenvalue weighted by Gasteiger charge is -2.35. The summed E-state index contributed by atoms with van der Waals surface area (Å²) in [6, 6.07) is 2.38. The van der Waals surface area contributed by atoms with E-state index in [2.05, 4.69) is 28.9 Å². The SMILES string of the molecule is C[C@H]1CN(Cc2nc(-c3ccsc3)no2)[C@@H](C)CO1. The molecule has 2 aromatic heterocycles. The Hall–Kier alpha value is -1.24. The standard InChI is InChI=1S/C13H17N3O2S/c1-9-7-17-10(2)5-16(9)6-12-14-13(15-18-12)11-3-4-19-8-11/h3-4,8-10H,5-7H2,1-2H3/t9-,10-/m0/s1. The van der Waals surface area contributed by atoms with Gasteiger partial charge in [0.05, 0.1) is 19.3 Å². The molecule has 102 valence electrons. The van der Waals surface area contributed by atoms with Crippen LogP contribution in [-0.4, -0.2) is 40.3 Å². The van der Waals surface area contributed by atoms with Gasteiger partial charge in [-0.25, -0.2) is 0 Å². The Bertz CT molecular complexity index is 526. The second-order valence-electron chi connectivity index (χ2n) is 4.95. The number of hydrogen-bond donors (Lipinski definition) is 0. The van der Waals surface area contributed by atoms with Crippen molar-refractivity contribution >= 4 is 11.3 Å². The third-order valence-electron chi connectivity index (χ3n) is 3.32. The number of hydrogen-bond acceptors (Lipinski definition) is 6. The van der Waals surface area contributed by atoms with Crippen LogP contribution >= 0.6 is 11.3 Å². The molecule has 0 saturated carbocycles. The first kappa shape index (κ1) is 12.8. The normalized spacial score (nSPS) is 24.7. The Labute approximate surface area is 116 Å². The van der Waals surface area contributed by atoms with E-state index in [1.165, 1.54) is 0 Å². The molecular weight excluding hydrogens is 262 g/mol. The highest BCUT2D eigenvalue weighted by atomic mass is 32.1. The summed E-state index contributed by atoms with van der Waals surface area (Å²) in [5, 5.41) is 8.06. The average molecular weight is 279 g/mol. The molecule has 19 heavy (non-hydrogen) atoms. The van der Waals surface area contributed by atoms with Gasteiger partial charge in [-0.3, -0.25) is 4.90 Å². The van der Waals surface area contributed by atoms with Crippen molar-refractivity contribution in [2.45, 2.75) is 32.5 Å². The van der Waals surface area contributed by atoms with Crippen LogP contribution < -0.4 is 0 Å². The number of nitrogens with zero attached hydrogens (tertiary/aromatic N) is 3. The molecule has 0 spiro atoms. The van der Waals surface area contributed by atoms with Crippen molar-refractivity contribution in [3.8, 4) is 11.4 Å². The highest BCUT2D eigenvalue weighted by Gasteiger charge is 2.25. The molecule has 0 aromatic carbocycles. The lowest BCUT2D eigenvalue weighted by molar-refractivity contribution is -0.0555. The number of thiophene rings is 1. The molecule has 3 rings (SSSR count). The maximum atomic E-state index is 5.62. The topological polar surface area (TPSA) is 51.4 Å². The van der Waals surface area contributed by atoms with Crippen molar-refractivity contribution in [2.75, 3.05) is 13.2 Å². The van der Waals surface area contributed by atoms with Crippen molar-refractivity contribution in [3.05, 3.63) is 22.7 Å². The molecule has 0 radical (unpaired) electrons. The third-order valence-corrected chi connectivity index (χ3v) is 4.01. The molecule has 3 heterocycles. The fourth-order valence-corrected chi connectivity index (χ4v) is 2.83. The van der Waals surface area contributed by atoms with Gasteiger partial charge in [0.25, 0.3) is 0 Å². The summed E-state index contributed by atoms with van der Waals surface area (Å²) in [5.74, 6) is 1.34. The van der Waals surface area contributed by atoms with E-state index in [0.29, 0.717) is 24.3 Å². The van der Waals surface area contributed by atoms with Crippen molar-refractivity contribution in [2.24, 2.45) is 0 Å². The summed E-state index contributed by atoms with van der Waals surface area (Å²) in [5.41, 5.74) is 1.02. The second-order valence-corrected chi connectivity index (χ2v) is 5.73. The Balaban J connectivity index is 1.70. The van der Waals surface area contributed by atoms with Crippen molar-refractivity contribution in [1.82, 2.24) is 15.0 Å². The minimum atomic E-state index is 0.260. The van der Waals surface area contributed by atoms with Crippen molar-refractivity contribution < 1.29 is 9.26 Å². The first-order valence-corrected chi connectivity index (χ1v) is 7.37. The number of morpholine rings is 1. The van der Waals surface area contributed by atoms with Crippen LogP contribution in [-0.2, 0) is 11.3 Å². The zero-order chi connectivity index (χ0) is 13.2. The van der Waals surface area contributed by atoms with Crippen LogP contribution in [0.4, 0.5) is 0 Å². The monoisotopic (exact) mass is 279 g/mol. The van der Waals surface area contributed by atoms with E-state index in [1.807, 2.05) is 16.8 Å². The Kier molecular flexibility index (Phi) is 3.63. The molecule has 2 aromatic rings. The van der Waals surface area contributed by atoms with Gasteiger partial charge in [0.2, 0.25) is 11.7 Å². The zero-order valence-corrected chi connectivity index (χ0v) is 11.9. The van der Waals surface area contributed by atoms with Gasteiger partial charge in [0, 0.05) is 23.5 Å². The van der Waals surface area contributed by atoms with Crippen LogP contribution in [0, 0.1) is 0 Å². The van der Waals surface area contributed by atoms with E-state index in [9.17, 15) is 0 Å². The lowest BCUT2D eigenvalue weighted by Crippen LogP contribution is -2.46. The highest BCUT2D eigenvalue weighted by Crippen LogP contribution is 2.20. The molecule has 1 fully saturated rings. The predicted molar refractivity (Wildman–Crippen MR) is 72.9 cm³/mol. The van der Waals surface area contributed by atoms with E-state index in [4.69, 9.17) is 9.26 Å². The zero-order valence-electron chi connectivity index (χ0n) is 11.1. The Morgan fingerprint density at radius 3 is 3.16 bits per heavy atom. The lowest BCUT2D eigenvalue weighted by atomic mass is 10.2. The molecule has 0 N–H and O–H groups in total. The van der Waals surface area contributed by atoms with Gasteiger partial charge in [-0.15, -0.1) is 0 Å². The van der Waals surface area contributed by atoms with Crippen LogP contribution in [0.3, 0.4) is 0 Å². The van der Waals surface area contributed by atoms with Crippen LogP contribution in [0.15, 0.2) is 21.3 Å². The van der Waals surface area contributed by atoms with E-state index in [-0.39, 0.29) is 6.10 Å². The minimum Gasteiger partial charge on any atom is -0.376 e. The molecule has 2 atom stereocenters. The molecule has 1 saturated heterocycles. The summed E-state index contributed by atoms with van der Waals surface area (Å²) in [6.07, 6.45) is 0.260. The maximum Gasteiger partial charge on any atom is 0.241 e. The van der Waals surface area contributed by atoms with Gasteiger partial charge in [-0.1, -0.05) is 5.16 Å². The van der Waals surface area contributed by atoms with Gasteiger partial charge in [-0.2, -0.15) is 16.3 Å². The van der Waals surface area contributed by atoms with E-state index >= 15 is 0 Å². The number of aromatic nitrogens is 2. The molecule has 6 heteroatoms. The first-order chi connectivity index (χ1) is 9.22.